The Morgan fingerprint density at radius 1 is 0.931 bits per heavy atom. The van der Waals surface area contributed by atoms with Gasteiger partial charge in [0.1, 0.15) is 11.5 Å². The van der Waals surface area contributed by atoms with Crippen molar-refractivity contribution in [3.05, 3.63) is 59.2 Å². The van der Waals surface area contributed by atoms with Gasteiger partial charge in [-0.1, -0.05) is 39.0 Å². The molecule has 0 radical (unpaired) electrons. The first-order valence-corrected chi connectivity index (χ1v) is 9.61. The number of hydrogen-bond acceptors (Lipinski definition) is 4. The molecule has 29 heavy (non-hydrogen) atoms. The van der Waals surface area contributed by atoms with Gasteiger partial charge in [-0.2, -0.15) is 0 Å². The molecule has 6 nitrogen and oxygen atoms in total. The van der Waals surface area contributed by atoms with Crippen molar-refractivity contribution in [2.75, 3.05) is 6.61 Å². The van der Waals surface area contributed by atoms with Crippen molar-refractivity contribution in [3.63, 3.8) is 0 Å². The van der Waals surface area contributed by atoms with Crippen LogP contribution in [0.2, 0.25) is 0 Å². The molecule has 6 heteroatoms. The molecule has 0 spiro atoms. The van der Waals surface area contributed by atoms with Gasteiger partial charge in [0.15, 0.2) is 12.7 Å². The lowest BCUT2D eigenvalue weighted by Gasteiger charge is -2.20. The van der Waals surface area contributed by atoms with Crippen molar-refractivity contribution in [2.24, 2.45) is 0 Å². The molecule has 2 aromatic rings. The lowest BCUT2D eigenvalue weighted by molar-refractivity contribution is -0.133. The molecule has 0 aromatic heterocycles. The summed E-state index contributed by atoms with van der Waals surface area (Å²) in [5, 5.41) is 0. The van der Waals surface area contributed by atoms with Crippen LogP contribution in [0.1, 0.15) is 44.4 Å². The summed E-state index contributed by atoms with van der Waals surface area (Å²) >= 11 is 0. The molecule has 156 valence electrons. The minimum absolute atomic E-state index is 0.0466. The zero-order chi connectivity index (χ0) is 21.6. The quantitative estimate of drug-likeness (QED) is 0.729. The molecule has 0 aliphatic carbocycles. The molecular weight excluding hydrogens is 368 g/mol. The molecule has 1 unspecified atom stereocenters. The number of hydrazine groups is 1. The van der Waals surface area contributed by atoms with Crippen LogP contribution in [-0.2, 0) is 15.0 Å². The molecule has 2 N–H and O–H groups in total. The summed E-state index contributed by atoms with van der Waals surface area (Å²) in [5.41, 5.74) is 8.02. The lowest BCUT2D eigenvalue weighted by atomic mass is 9.87. The maximum Gasteiger partial charge on any atom is 0.279 e. The van der Waals surface area contributed by atoms with Crippen LogP contribution < -0.4 is 20.3 Å². The van der Waals surface area contributed by atoms with Crippen LogP contribution in [0.3, 0.4) is 0 Å². The fourth-order valence-electron chi connectivity index (χ4n) is 2.73. The number of rotatable bonds is 6. The number of hydrogen-bond donors (Lipinski definition) is 2. The highest BCUT2D eigenvalue weighted by Crippen LogP contribution is 2.24. The fraction of sp³-hybridized carbons (Fsp3) is 0.391. The highest BCUT2D eigenvalue weighted by molar-refractivity contribution is 5.85. The molecule has 2 aromatic carbocycles. The van der Waals surface area contributed by atoms with E-state index in [1.165, 1.54) is 5.56 Å². The minimum Gasteiger partial charge on any atom is -0.484 e. The molecule has 1 atom stereocenters. The normalized spacial score (nSPS) is 12.1. The second-order valence-corrected chi connectivity index (χ2v) is 8.18. The highest BCUT2D eigenvalue weighted by atomic mass is 16.5. The van der Waals surface area contributed by atoms with Crippen molar-refractivity contribution >= 4 is 11.8 Å². The standard InChI is InChI=1S/C23H30N2O4/c1-15-11-16(2)13-20(12-15)28-14-21(26)24-25-22(27)17(3)29-19-9-7-18(8-10-19)23(4,5)6/h7-13,17H,14H2,1-6H3,(H,24,26)(H,25,27). The second-order valence-electron chi connectivity index (χ2n) is 8.18. The van der Waals surface area contributed by atoms with Gasteiger partial charge in [0.05, 0.1) is 0 Å². The molecule has 0 heterocycles. The Kier molecular flexibility index (Phi) is 7.26. The third-order valence-electron chi connectivity index (χ3n) is 4.29. The van der Waals surface area contributed by atoms with E-state index >= 15 is 0 Å². The van der Waals surface area contributed by atoms with E-state index in [-0.39, 0.29) is 12.0 Å². The average Bonchev–Trinajstić information content (AvgIpc) is 2.63. The summed E-state index contributed by atoms with van der Waals surface area (Å²) in [6, 6.07) is 13.3. The molecule has 0 fully saturated rings. The van der Waals surface area contributed by atoms with Crippen molar-refractivity contribution in [1.82, 2.24) is 10.9 Å². The zero-order valence-corrected chi connectivity index (χ0v) is 18.0. The Hall–Kier alpha value is -3.02. The number of aryl methyl sites for hydroxylation is 2. The predicted octanol–water partition coefficient (Wildman–Crippen LogP) is 3.59. The average molecular weight is 399 g/mol. The van der Waals surface area contributed by atoms with E-state index < -0.39 is 17.9 Å². The summed E-state index contributed by atoms with van der Waals surface area (Å²) in [6.45, 7) is 11.7. The first-order chi connectivity index (χ1) is 13.5. The maximum atomic E-state index is 12.1. The van der Waals surface area contributed by atoms with Gasteiger partial charge >= 0.3 is 0 Å². The van der Waals surface area contributed by atoms with E-state index in [1.807, 2.05) is 56.3 Å². The summed E-state index contributed by atoms with van der Waals surface area (Å²) in [6.07, 6.45) is -0.767. The van der Waals surface area contributed by atoms with Gasteiger partial charge in [0.25, 0.3) is 11.8 Å². The molecule has 0 bridgehead atoms. The van der Waals surface area contributed by atoms with Crippen molar-refractivity contribution in [3.8, 4) is 11.5 Å². The molecule has 0 aliphatic heterocycles. The Morgan fingerprint density at radius 3 is 2.07 bits per heavy atom. The summed E-state index contributed by atoms with van der Waals surface area (Å²) in [4.78, 5) is 24.1. The topological polar surface area (TPSA) is 76.7 Å². The number of nitrogens with one attached hydrogen (secondary N) is 2. The van der Waals surface area contributed by atoms with Crippen molar-refractivity contribution < 1.29 is 19.1 Å². The largest absolute Gasteiger partial charge is 0.484 e. The van der Waals surface area contributed by atoms with Crippen molar-refractivity contribution in [1.29, 1.82) is 0 Å². The Labute approximate surface area is 172 Å². The fourth-order valence-corrected chi connectivity index (χ4v) is 2.73. The van der Waals surface area contributed by atoms with Crippen LogP contribution in [0.25, 0.3) is 0 Å². The van der Waals surface area contributed by atoms with E-state index in [1.54, 1.807) is 6.92 Å². The zero-order valence-electron chi connectivity index (χ0n) is 18.0. The number of amides is 2. The number of benzene rings is 2. The summed E-state index contributed by atoms with van der Waals surface area (Å²) in [7, 11) is 0. The van der Waals surface area contributed by atoms with E-state index in [0.29, 0.717) is 11.5 Å². The van der Waals surface area contributed by atoms with Gasteiger partial charge in [-0.3, -0.25) is 20.4 Å². The van der Waals surface area contributed by atoms with Gasteiger partial charge in [-0.05, 0) is 67.1 Å². The third-order valence-corrected chi connectivity index (χ3v) is 4.29. The number of ether oxygens (including phenoxy) is 2. The second kappa shape index (κ2) is 9.45. The van der Waals surface area contributed by atoms with Gasteiger partial charge < -0.3 is 9.47 Å². The Bertz CT molecular complexity index is 834. The van der Waals surface area contributed by atoms with Crippen LogP contribution in [-0.4, -0.2) is 24.5 Å². The van der Waals surface area contributed by atoms with Crippen LogP contribution in [0.15, 0.2) is 42.5 Å². The van der Waals surface area contributed by atoms with Gasteiger partial charge in [-0.15, -0.1) is 0 Å². The third kappa shape index (κ3) is 7.14. The highest BCUT2D eigenvalue weighted by Gasteiger charge is 2.17. The maximum absolute atomic E-state index is 12.1. The van der Waals surface area contributed by atoms with E-state index in [9.17, 15) is 9.59 Å². The Morgan fingerprint density at radius 2 is 1.52 bits per heavy atom. The van der Waals surface area contributed by atoms with E-state index in [4.69, 9.17) is 9.47 Å². The number of carbonyl (C=O) groups is 2. The lowest BCUT2D eigenvalue weighted by Crippen LogP contribution is -2.48. The van der Waals surface area contributed by atoms with Gasteiger partial charge in [0, 0.05) is 0 Å². The summed E-state index contributed by atoms with van der Waals surface area (Å²) < 4.78 is 11.1. The SMILES string of the molecule is Cc1cc(C)cc(OCC(=O)NNC(=O)C(C)Oc2ccc(C(C)(C)C)cc2)c1. The minimum atomic E-state index is -0.767. The molecule has 0 aliphatic rings. The molecule has 2 amide bonds. The Balaban J connectivity index is 1.78. The van der Waals surface area contributed by atoms with Gasteiger partial charge in [0.2, 0.25) is 0 Å². The van der Waals surface area contributed by atoms with Crippen molar-refractivity contribution in [2.45, 2.75) is 53.1 Å². The first kappa shape index (κ1) is 22.3. The van der Waals surface area contributed by atoms with E-state index in [0.717, 1.165) is 11.1 Å². The van der Waals surface area contributed by atoms with Gasteiger partial charge in [-0.25, -0.2) is 0 Å². The molecular formula is C23H30N2O4. The molecule has 0 saturated carbocycles. The van der Waals surface area contributed by atoms with Crippen LogP contribution in [0.4, 0.5) is 0 Å². The van der Waals surface area contributed by atoms with Crippen LogP contribution in [0.5, 0.6) is 11.5 Å². The monoisotopic (exact) mass is 398 g/mol. The summed E-state index contributed by atoms with van der Waals surface area (Å²) in [5.74, 6) is 0.286. The first-order valence-electron chi connectivity index (χ1n) is 9.61. The van der Waals surface area contributed by atoms with E-state index in [2.05, 4.69) is 31.6 Å². The predicted molar refractivity (Wildman–Crippen MR) is 113 cm³/mol. The smallest absolute Gasteiger partial charge is 0.279 e. The van der Waals surface area contributed by atoms with Crippen LogP contribution >= 0.6 is 0 Å². The molecule has 0 saturated heterocycles. The number of carbonyl (C=O) groups excluding carboxylic acids is 2. The molecule has 2 rings (SSSR count). The van der Waals surface area contributed by atoms with Crippen LogP contribution in [0, 0.1) is 13.8 Å².